The lowest BCUT2D eigenvalue weighted by Gasteiger charge is -2.39. The van der Waals surface area contributed by atoms with Gasteiger partial charge in [0.2, 0.25) is 5.91 Å². The van der Waals surface area contributed by atoms with Gasteiger partial charge in [0.15, 0.2) is 0 Å². The Labute approximate surface area is 138 Å². The number of nitrogens with zero attached hydrogens (tertiary/aromatic N) is 2. The van der Waals surface area contributed by atoms with E-state index < -0.39 is 0 Å². The maximum Gasteiger partial charge on any atom is 0.237 e. The summed E-state index contributed by atoms with van der Waals surface area (Å²) in [4.78, 5) is 16.7. The third-order valence-corrected chi connectivity index (χ3v) is 4.34. The average Bonchev–Trinajstić information content (AvgIpc) is 2.47. The fourth-order valence-electron chi connectivity index (χ4n) is 3.12. The minimum absolute atomic E-state index is 0.0675. The van der Waals surface area contributed by atoms with Gasteiger partial charge in [0.05, 0.1) is 24.8 Å². The van der Waals surface area contributed by atoms with E-state index in [1.54, 1.807) is 12.1 Å². The summed E-state index contributed by atoms with van der Waals surface area (Å²) < 4.78 is 18.8. The molecule has 0 aliphatic carbocycles. The Kier molecular flexibility index (Phi) is 5.76. The van der Waals surface area contributed by atoms with Crippen LogP contribution < -0.4 is 0 Å². The summed E-state index contributed by atoms with van der Waals surface area (Å²) in [7, 11) is 0. The molecule has 0 saturated carbocycles. The number of halogens is 1. The van der Waals surface area contributed by atoms with E-state index in [-0.39, 0.29) is 23.4 Å². The predicted molar refractivity (Wildman–Crippen MR) is 88.7 cm³/mol. The molecule has 1 amide bonds. The van der Waals surface area contributed by atoms with Gasteiger partial charge < -0.3 is 9.64 Å². The molecule has 2 rings (SSSR count). The summed E-state index contributed by atoms with van der Waals surface area (Å²) >= 11 is 0. The number of hydrogen-bond donors (Lipinski definition) is 0. The molecule has 0 N–H and O–H groups in total. The standard InChI is InChI=1S/C18H27FN2O2/c1-5-21(14(2)15-6-8-16(19)9-7-15)17(22)12-20-10-11-23-18(3,4)13-20/h6-9,14H,5,10-13H2,1-4H3. The number of morpholine rings is 1. The summed E-state index contributed by atoms with van der Waals surface area (Å²) in [6, 6.07) is 6.30. The largest absolute Gasteiger partial charge is 0.373 e. The van der Waals surface area contributed by atoms with Gasteiger partial charge in [-0.25, -0.2) is 4.39 Å². The minimum Gasteiger partial charge on any atom is -0.373 e. The van der Waals surface area contributed by atoms with E-state index in [1.807, 2.05) is 32.6 Å². The van der Waals surface area contributed by atoms with Gasteiger partial charge >= 0.3 is 0 Å². The summed E-state index contributed by atoms with van der Waals surface area (Å²) in [5.74, 6) is -0.159. The topological polar surface area (TPSA) is 32.8 Å². The van der Waals surface area contributed by atoms with E-state index in [4.69, 9.17) is 4.74 Å². The summed E-state index contributed by atoms with van der Waals surface area (Å²) in [5.41, 5.74) is 0.738. The molecule has 1 heterocycles. The molecule has 1 fully saturated rings. The van der Waals surface area contributed by atoms with Crippen LogP contribution in [0.1, 0.15) is 39.3 Å². The van der Waals surface area contributed by atoms with E-state index in [1.165, 1.54) is 12.1 Å². The zero-order chi connectivity index (χ0) is 17.0. The van der Waals surface area contributed by atoms with Crippen LogP contribution in [-0.2, 0) is 9.53 Å². The third kappa shape index (κ3) is 4.75. The molecule has 1 aromatic carbocycles. The molecule has 1 aliphatic heterocycles. The first-order valence-corrected chi connectivity index (χ1v) is 8.23. The van der Waals surface area contributed by atoms with E-state index in [0.29, 0.717) is 19.7 Å². The Morgan fingerprint density at radius 3 is 2.61 bits per heavy atom. The van der Waals surface area contributed by atoms with Crippen molar-refractivity contribution < 1.29 is 13.9 Å². The Bertz CT molecular complexity index is 530. The van der Waals surface area contributed by atoms with E-state index in [2.05, 4.69) is 4.90 Å². The second-order valence-electron chi connectivity index (χ2n) is 6.73. The molecule has 1 saturated heterocycles. The van der Waals surface area contributed by atoms with Crippen LogP contribution in [0.5, 0.6) is 0 Å². The van der Waals surface area contributed by atoms with Crippen LogP contribution in [0.15, 0.2) is 24.3 Å². The average molecular weight is 322 g/mol. The summed E-state index contributed by atoms with van der Waals surface area (Å²) in [6.07, 6.45) is 0. The summed E-state index contributed by atoms with van der Waals surface area (Å²) in [5, 5.41) is 0. The molecule has 128 valence electrons. The van der Waals surface area contributed by atoms with Crippen LogP contribution in [-0.4, -0.2) is 54.1 Å². The Balaban J connectivity index is 2.01. The van der Waals surface area contributed by atoms with Crippen LogP contribution >= 0.6 is 0 Å². The smallest absolute Gasteiger partial charge is 0.237 e. The van der Waals surface area contributed by atoms with Crippen LogP contribution in [0, 0.1) is 5.82 Å². The zero-order valence-electron chi connectivity index (χ0n) is 14.5. The van der Waals surface area contributed by atoms with Gasteiger partial charge in [0.1, 0.15) is 5.82 Å². The highest BCUT2D eigenvalue weighted by Gasteiger charge is 2.30. The molecule has 1 unspecified atom stereocenters. The third-order valence-electron chi connectivity index (χ3n) is 4.34. The predicted octanol–water partition coefficient (Wildman–Crippen LogP) is 2.85. The molecule has 1 aromatic rings. The van der Waals surface area contributed by atoms with Crippen molar-refractivity contribution in [2.45, 2.75) is 39.3 Å². The molecule has 0 spiro atoms. The lowest BCUT2D eigenvalue weighted by Crippen LogP contribution is -2.51. The van der Waals surface area contributed by atoms with Gasteiger partial charge in [-0.1, -0.05) is 12.1 Å². The lowest BCUT2D eigenvalue weighted by molar-refractivity contribution is -0.138. The number of carbonyl (C=O) groups is 1. The van der Waals surface area contributed by atoms with Crippen molar-refractivity contribution >= 4 is 5.91 Å². The van der Waals surface area contributed by atoms with E-state index in [0.717, 1.165) is 18.7 Å². The summed E-state index contributed by atoms with van der Waals surface area (Å²) in [6.45, 7) is 11.2. The molecule has 1 aliphatic rings. The number of carbonyl (C=O) groups excluding carboxylic acids is 1. The van der Waals surface area contributed by atoms with E-state index in [9.17, 15) is 9.18 Å². The number of rotatable bonds is 5. The van der Waals surface area contributed by atoms with Gasteiger partial charge in [-0.05, 0) is 45.4 Å². The van der Waals surface area contributed by atoms with Gasteiger partial charge in [-0.2, -0.15) is 0 Å². The van der Waals surface area contributed by atoms with Gasteiger partial charge in [-0.3, -0.25) is 9.69 Å². The maximum atomic E-state index is 13.1. The van der Waals surface area contributed by atoms with Crippen molar-refractivity contribution in [3.05, 3.63) is 35.6 Å². The van der Waals surface area contributed by atoms with Gasteiger partial charge in [0, 0.05) is 19.6 Å². The van der Waals surface area contributed by atoms with Crippen molar-refractivity contribution in [1.82, 2.24) is 9.80 Å². The van der Waals surface area contributed by atoms with Gasteiger partial charge in [0.25, 0.3) is 0 Å². The van der Waals surface area contributed by atoms with Crippen molar-refractivity contribution in [2.24, 2.45) is 0 Å². The molecule has 23 heavy (non-hydrogen) atoms. The minimum atomic E-state index is -0.258. The quantitative estimate of drug-likeness (QED) is 0.836. The fourth-order valence-corrected chi connectivity index (χ4v) is 3.12. The Morgan fingerprint density at radius 1 is 1.39 bits per heavy atom. The van der Waals surface area contributed by atoms with Crippen LogP contribution in [0.25, 0.3) is 0 Å². The van der Waals surface area contributed by atoms with Crippen LogP contribution in [0.3, 0.4) is 0 Å². The molecular formula is C18H27FN2O2. The highest BCUT2D eigenvalue weighted by molar-refractivity contribution is 5.78. The second kappa shape index (κ2) is 7.41. The molecule has 1 atom stereocenters. The van der Waals surface area contributed by atoms with Crippen molar-refractivity contribution in [3.63, 3.8) is 0 Å². The number of hydrogen-bond acceptors (Lipinski definition) is 3. The first-order chi connectivity index (χ1) is 10.8. The Morgan fingerprint density at radius 2 is 2.04 bits per heavy atom. The molecule has 0 radical (unpaired) electrons. The first kappa shape index (κ1) is 17.9. The molecule has 0 aromatic heterocycles. The maximum absolute atomic E-state index is 13.1. The van der Waals surface area contributed by atoms with Crippen LogP contribution in [0.4, 0.5) is 4.39 Å². The first-order valence-electron chi connectivity index (χ1n) is 8.23. The van der Waals surface area contributed by atoms with Crippen molar-refractivity contribution in [1.29, 1.82) is 0 Å². The number of benzene rings is 1. The molecular weight excluding hydrogens is 295 g/mol. The lowest BCUT2D eigenvalue weighted by atomic mass is 10.1. The van der Waals surface area contributed by atoms with Crippen molar-refractivity contribution in [2.75, 3.05) is 32.8 Å². The highest BCUT2D eigenvalue weighted by Crippen LogP contribution is 2.22. The van der Waals surface area contributed by atoms with Crippen LogP contribution in [0.2, 0.25) is 0 Å². The molecule has 0 bridgehead atoms. The molecule has 4 nitrogen and oxygen atoms in total. The highest BCUT2D eigenvalue weighted by atomic mass is 19.1. The Hall–Kier alpha value is -1.46. The van der Waals surface area contributed by atoms with Crippen molar-refractivity contribution in [3.8, 4) is 0 Å². The SMILES string of the molecule is CCN(C(=O)CN1CCOC(C)(C)C1)C(C)c1ccc(F)cc1. The fraction of sp³-hybridized carbons (Fsp3) is 0.611. The molecule has 5 heteroatoms. The normalized spacial score (nSPS) is 19.3. The number of likely N-dealkylation sites (N-methyl/N-ethyl adjacent to an activating group) is 1. The second-order valence-corrected chi connectivity index (χ2v) is 6.73. The van der Waals surface area contributed by atoms with E-state index >= 15 is 0 Å². The van der Waals surface area contributed by atoms with Gasteiger partial charge in [-0.15, -0.1) is 0 Å². The number of amides is 1. The zero-order valence-corrected chi connectivity index (χ0v) is 14.5. The number of ether oxygens (including phenoxy) is 1. The monoisotopic (exact) mass is 322 g/mol.